The van der Waals surface area contributed by atoms with E-state index in [-0.39, 0.29) is 23.5 Å². The van der Waals surface area contributed by atoms with Crippen molar-refractivity contribution >= 4 is 34.6 Å². The summed E-state index contributed by atoms with van der Waals surface area (Å²) in [7, 11) is 0. The van der Waals surface area contributed by atoms with E-state index in [4.69, 9.17) is 11.0 Å². The van der Waals surface area contributed by atoms with Crippen LogP contribution in [-0.2, 0) is 0 Å². The molecule has 4 heterocycles. The molecule has 1 amide bonds. The lowest BCUT2D eigenvalue weighted by Gasteiger charge is -2.27. The molecule has 0 spiro atoms. The van der Waals surface area contributed by atoms with Gasteiger partial charge in [-0.2, -0.15) is 5.26 Å². The van der Waals surface area contributed by atoms with E-state index in [0.717, 1.165) is 31.9 Å². The summed E-state index contributed by atoms with van der Waals surface area (Å²) in [6.07, 6.45) is 8.87. The standard InChI is InChI=1S/C24H23FN10O/c25-17-12-28-8-7-18(17)33-24(36)20-13-30-23-19(32-21-6-1-14(10-26)11-29-21)9-22(34-35(20)23)31-16-4-2-15(27)3-5-16/h1,6-9,11-13,15-16H,2-5,27H2,(H,29,32)(H,31,34)(H,28,33,36)/t15-,16-. The lowest BCUT2D eigenvalue weighted by molar-refractivity contribution is 0.102. The second-order valence-corrected chi connectivity index (χ2v) is 8.56. The number of amides is 1. The van der Waals surface area contributed by atoms with Crippen LogP contribution in [0.2, 0.25) is 0 Å². The number of pyridine rings is 2. The Kier molecular flexibility index (Phi) is 6.38. The van der Waals surface area contributed by atoms with Crippen LogP contribution in [0.1, 0.15) is 41.7 Å². The molecule has 0 bridgehead atoms. The van der Waals surface area contributed by atoms with Crippen LogP contribution in [0.3, 0.4) is 0 Å². The Morgan fingerprint density at radius 2 is 1.92 bits per heavy atom. The van der Waals surface area contributed by atoms with E-state index in [1.807, 2.05) is 6.07 Å². The second kappa shape index (κ2) is 9.93. The zero-order valence-corrected chi connectivity index (χ0v) is 19.1. The van der Waals surface area contributed by atoms with Crippen molar-refractivity contribution in [2.45, 2.75) is 37.8 Å². The van der Waals surface area contributed by atoms with Crippen LogP contribution >= 0.6 is 0 Å². The van der Waals surface area contributed by atoms with E-state index in [1.165, 1.54) is 29.2 Å². The van der Waals surface area contributed by atoms with Crippen molar-refractivity contribution < 1.29 is 9.18 Å². The highest BCUT2D eigenvalue weighted by molar-refractivity contribution is 6.03. The normalized spacial score (nSPS) is 17.4. The van der Waals surface area contributed by atoms with Crippen LogP contribution < -0.4 is 21.7 Å². The summed E-state index contributed by atoms with van der Waals surface area (Å²) in [4.78, 5) is 25.4. The third-order valence-corrected chi connectivity index (χ3v) is 6.00. The third kappa shape index (κ3) is 4.91. The number of halogens is 1. The minimum absolute atomic E-state index is 0.00194. The highest BCUT2D eigenvalue weighted by atomic mass is 19.1. The summed E-state index contributed by atoms with van der Waals surface area (Å²) in [6.45, 7) is 0. The van der Waals surface area contributed by atoms with Gasteiger partial charge in [0.2, 0.25) is 0 Å². The molecule has 0 aromatic carbocycles. The van der Waals surface area contributed by atoms with E-state index in [0.29, 0.717) is 28.5 Å². The summed E-state index contributed by atoms with van der Waals surface area (Å²) < 4.78 is 15.4. The van der Waals surface area contributed by atoms with Gasteiger partial charge in [0.15, 0.2) is 17.2 Å². The number of imidazole rings is 1. The molecule has 1 aliphatic rings. The van der Waals surface area contributed by atoms with Crippen LogP contribution in [0.25, 0.3) is 5.65 Å². The Balaban J connectivity index is 1.50. The number of nitrogens with zero attached hydrogens (tertiary/aromatic N) is 6. The summed E-state index contributed by atoms with van der Waals surface area (Å²) in [5, 5.41) is 22.8. The average molecular weight is 487 g/mol. The number of anilines is 4. The van der Waals surface area contributed by atoms with Gasteiger partial charge >= 0.3 is 0 Å². The molecule has 1 aliphatic carbocycles. The number of nitriles is 1. The molecule has 12 heteroatoms. The summed E-state index contributed by atoms with van der Waals surface area (Å²) >= 11 is 0. The zero-order chi connectivity index (χ0) is 25.1. The van der Waals surface area contributed by atoms with Crippen LogP contribution in [0, 0.1) is 17.1 Å². The Labute approximate surface area is 205 Å². The Morgan fingerprint density at radius 3 is 2.64 bits per heavy atom. The van der Waals surface area contributed by atoms with Gasteiger partial charge in [0.1, 0.15) is 17.7 Å². The van der Waals surface area contributed by atoms with Crippen molar-refractivity contribution in [1.82, 2.24) is 24.6 Å². The molecule has 5 rings (SSSR count). The number of rotatable bonds is 6. The van der Waals surface area contributed by atoms with Crippen LogP contribution in [0.4, 0.5) is 27.4 Å². The molecule has 36 heavy (non-hydrogen) atoms. The molecule has 0 aliphatic heterocycles. The van der Waals surface area contributed by atoms with E-state index in [1.54, 1.807) is 18.2 Å². The number of hydrogen-bond donors (Lipinski definition) is 4. The van der Waals surface area contributed by atoms with Gasteiger partial charge in [-0.15, -0.1) is 5.10 Å². The van der Waals surface area contributed by atoms with Crippen molar-refractivity contribution in [1.29, 1.82) is 5.26 Å². The van der Waals surface area contributed by atoms with Crippen molar-refractivity contribution in [3.63, 3.8) is 0 Å². The first kappa shape index (κ1) is 23.1. The molecule has 5 N–H and O–H groups in total. The number of nitrogens with two attached hydrogens (primary N) is 1. The maximum Gasteiger partial charge on any atom is 0.276 e. The number of aromatic nitrogens is 5. The molecule has 4 aromatic heterocycles. The number of fused-ring (bicyclic) bond motifs is 1. The molecule has 0 radical (unpaired) electrons. The van der Waals surface area contributed by atoms with Crippen molar-refractivity contribution in [3.8, 4) is 6.07 Å². The van der Waals surface area contributed by atoms with Gasteiger partial charge in [0, 0.05) is 30.5 Å². The molecule has 1 fully saturated rings. The van der Waals surface area contributed by atoms with Gasteiger partial charge in [-0.3, -0.25) is 9.78 Å². The first-order valence-electron chi connectivity index (χ1n) is 11.4. The summed E-state index contributed by atoms with van der Waals surface area (Å²) in [5.74, 6) is -0.214. The third-order valence-electron chi connectivity index (χ3n) is 6.00. The highest BCUT2D eigenvalue weighted by Crippen LogP contribution is 2.27. The minimum atomic E-state index is -0.653. The Morgan fingerprint density at radius 1 is 1.08 bits per heavy atom. The topological polar surface area (TPSA) is 159 Å². The van der Waals surface area contributed by atoms with E-state index in [2.05, 4.69) is 36.0 Å². The lowest BCUT2D eigenvalue weighted by atomic mass is 9.92. The molecule has 0 atom stereocenters. The molecule has 4 aromatic rings. The summed E-state index contributed by atoms with van der Waals surface area (Å²) in [5.41, 5.74) is 7.51. The Bertz CT molecular complexity index is 1440. The van der Waals surface area contributed by atoms with Crippen LogP contribution in [-0.4, -0.2) is 42.6 Å². The SMILES string of the molecule is N#Cc1ccc(Nc2cc(N[C@H]3CC[C@H](N)CC3)nn3c(C(=O)Nc4ccncc4F)cnc23)nc1. The fourth-order valence-corrected chi connectivity index (χ4v) is 4.09. The Hall–Kier alpha value is -4.63. The molecule has 0 unspecified atom stereocenters. The fourth-order valence-electron chi connectivity index (χ4n) is 4.09. The number of carbonyl (C=O) groups is 1. The predicted octanol–water partition coefficient (Wildman–Crippen LogP) is 3.21. The van der Waals surface area contributed by atoms with Gasteiger partial charge < -0.3 is 21.7 Å². The predicted molar refractivity (Wildman–Crippen MR) is 131 cm³/mol. The fraction of sp³-hybridized carbons (Fsp3) is 0.250. The quantitative estimate of drug-likeness (QED) is 0.321. The zero-order valence-electron chi connectivity index (χ0n) is 19.1. The van der Waals surface area contributed by atoms with Crippen LogP contribution in [0.5, 0.6) is 0 Å². The molecule has 182 valence electrons. The van der Waals surface area contributed by atoms with Gasteiger partial charge in [-0.25, -0.2) is 18.9 Å². The van der Waals surface area contributed by atoms with Crippen molar-refractivity contribution in [2.75, 3.05) is 16.0 Å². The average Bonchev–Trinajstić information content (AvgIpc) is 3.32. The van der Waals surface area contributed by atoms with Gasteiger partial charge in [0.25, 0.3) is 5.91 Å². The maximum atomic E-state index is 14.0. The van der Waals surface area contributed by atoms with Crippen LogP contribution in [0.15, 0.2) is 49.1 Å². The molecular formula is C24H23FN10O. The van der Waals surface area contributed by atoms with Gasteiger partial charge in [0.05, 0.1) is 29.3 Å². The first-order valence-corrected chi connectivity index (χ1v) is 11.4. The smallest absolute Gasteiger partial charge is 0.276 e. The number of nitrogens with one attached hydrogen (secondary N) is 3. The van der Waals surface area contributed by atoms with Crippen molar-refractivity contribution in [2.24, 2.45) is 5.73 Å². The van der Waals surface area contributed by atoms with Gasteiger partial charge in [-0.1, -0.05) is 0 Å². The largest absolute Gasteiger partial charge is 0.366 e. The van der Waals surface area contributed by atoms with E-state index < -0.39 is 11.7 Å². The number of hydrogen-bond acceptors (Lipinski definition) is 9. The molecule has 0 saturated heterocycles. The monoisotopic (exact) mass is 486 g/mol. The van der Waals surface area contributed by atoms with E-state index in [9.17, 15) is 9.18 Å². The van der Waals surface area contributed by atoms with Gasteiger partial charge in [-0.05, 0) is 43.9 Å². The molecule has 11 nitrogen and oxygen atoms in total. The molecule has 1 saturated carbocycles. The first-order chi connectivity index (χ1) is 17.5. The highest BCUT2D eigenvalue weighted by Gasteiger charge is 2.22. The minimum Gasteiger partial charge on any atom is -0.366 e. The van der Waals surface area contributed by atoms with Crippen molar-refractivity contribution in [3.05, 3.63) is 66.1 Å². The second-order valence-electron chi connectivity index (χ2n) is 8.56. The molecular weight excluding hydrogens is 463 g/mol. The maximum absolute atomic E-state index is 14.0. The number of carbonyl (C=O) groups excluding carboxylic acids is 1. The summed E-state index contributed by atoms with van der Waals surface area (Å²) in [6, 6.07) is 8.90. The van der Waals surface area contributed by atoms with E-state index >= 15 is 0 Å². The lowest BCUT2D eigenvalue weighted by Crippen LogP contribution is -2.33.